The number of carbonyl (C=O) groups is 2. The van der Waals surface area contributed by atoms with Crippen LogP contribution in [0, 0.1) is 0 Å². The molecule has 4 heterocycles. The number of aromatic nitrogens is 2. The van der Waals surface area contributed by atoms with E-state index < -0.39 is 6.09 Å². The Morgan fingerprint density at radius 1 is 1.15 bits per heavy atom. The van der Waals surface area contributed by atoms with Crippen LogP contribution in [-0.4, -0.2) is 47.4 Å². The highest BCUT2D eigenvalue weighted by Gasteiger charge is 2.33. The van der Waals surface area contributed by atoms with Crippen molar-refractivity contribution in [2.45, 2.75) is 31.5 Å². The summed E-state index contributed by atoms with van der Waals surface area (Å²) in [5, 5.41) is 6.30. The molecule has 174 valence electrons. The Morgan fingerprint density at radius 3 is 2.97 bits per heavy atom. The molecule has 2 aromatic carbocycles. The summed E-state index contributed by atoms with van der Waals surface area (Å²) in [6.45, 7) is 1.75. The van der Waals surface area contributed by atoms with Crippen molar-refractivity contribution >= 4 is 34.4 Å². The molecule has 6 rings (SSSR count). The van der Waals surface area contributed by atoms with Gasteiger partial charge in [-0.15, -0.1) is 0 Å². The molecular weight excluding hydrogens is 438 g/mol. The number of fused-ring (bicyclic) bond motifs is 1. The third-order valence-corrected chi connectivity index (χ3v) is 6.51. The highest BCUT2D eigenvalue weighted by molar-refractivity contribution is 5.97. The molecule has 3 aliphatic heterocycles. The first kappa shape index (κ1) is 20.7. The molecule has 3 aromatic rings. The highest BCUT2D eigenvalue weighted by Crippen LogP contribution is 2.34. The Bertz CT molecular complexity index is 1370. The first-order valence-corrected chi connectivity index (χ1v) is 11.3. The van der Waals surface area contributed by atoms with E-state index in [1.165, 1.54) is 6.20 Å². The van der Waals surface area contributed by atoms with Crippen molar-refractivity contribution in [2.24, 2.45) is 0 Å². The standard InChI is InChI=1S/C24H23N5O5/c30-21-13-33-20-7-6-14(9-18(20)27-21)28-11-15(34-24(28)32)3-2-8-25-19-12-29-22(31)10-26-17-5-1-4-16(19)23(17)29/h1,4-7,9-10,15,19,25H,2-3,8,11-13H2,(H,27,30)/t15-,19-/m1/s1. The van der Waals surface area contributed by atoms with Gasteiger partial charge in [-0.3, -0.25) is 14.5 Å². The molecule has 10 nitrogen and oxygen atoms in total. The average Bonchev–Trinajstić information content (AvgIpc) is 3.40. The van der Waals surface area contributed by atoms with E-state index in [-0.39, 0.29) is 30.2 Å². The molecule has 0 radical (unpaired) electrons. The summed E-state index contributed by atoms with van der Waals surface area (Å²) in [6.07, 6.45) is 2.29. The summed E-state index contributed by atoms with van der Waals surface area (Å²) in [5.41, 5.74) is 3.94. The van der Waals surface area contributed by atoms with E-state index in [0.29, 0.717) is 36.6 Å². The zero-order chi connectivity index (χ0) is 23.2. The summed E-state index contributed by atoms with van der Waals surface area (Å²) in [5.74, 6) is 0.364. The lowest BCUT2D eigenvalue weighted by atomic mass is 10.1. The summed E-state index contributed by atoms with van der Waals surface area (Å²) in [4.78, 5) is 42.1. The third kappa shape index (κ3) is 3.56. The minimum absolute atomic E-state index is 0.00999. The summed E-state index contributed by atoms with van der Waals surface area (Å²) < 4.78 is 12.7. The SMILES string of the molecule is O=C1COc2ccc(N3C[C@@H](CCCN[C@@H]4Cn5c(=O)cnc6cccc4c65)OC3=O)cc2N1. The smallest absolute Gasteiger partial charge is 0.414 e. The summed E-state index contributed by atoms with van der Waals surface area (Å²) >= 11 is 0. The van der Waals surface area contributed by atoms with Gasteiger partial charge in [0.2, 0.25) is 0 Å². The summed E-state index contributed by atoms with van der Waals surface area (Å²) in [7, 11) is 0. The van der Waals surface area contributed by atoms with Crippen LogP contribution >= 0.6 is 0 Å². The number of carbonyl (C=O) groups excluding carboxylic acids is 2. The second kappa shape index (κ2) is 8.14. The molecule has 2 N–H and O–H groups in total. The monoisotopic (exact) mass is 461 g/mol. The first-order chi connectivity index (χ1) is 16.6. The van der Waals surface area contributed by atoms with Crippen molar-refractivity contribution in [3.05, 3.63) is 58.5 Å². The zero-order valence-electron chi connectivity index (χ0n) is 18.3. The summed E-state index contributed by atoms with van der Waals surface area (Å²) in [6, 6.07) is 11.2. The van der Waals surface area contributed by atoms with Gasteiger partial charge in [0.25, 0.3) is 11.5 Å². The van der Waals surface area contributed by atoms with Gasteiger partial charge in [0.05, 0.1) is 35.5 Å². The number of hydrogen-bond donors (Lipinski definition) is 2. The van der Waals surface area contributed by atoms with Crippen LogP contribution in [-0.2, 0) is 16.1 Å². The maximum absolute atomic E-state index is 12.5. The maximum Gasteiger partial charge on any atom is 0.414 e. The van der Waals surface area contributed by atoms with Crippen LogP contribution in [0.2, 0.25) is 0 Å². The van der Waals surface area contributed by atoms with Gasteiger partial charge in [0.15, 0.2) is 6.61 Å². The van der Waals surface area contributed by atoms with Gasteiger partial charge in [0, 0.05) is 12.2 Å². The number of cyclic esters (lactones) is 1. The normalized spacial score (nSPS) is 20.8. The van der Waals surface area contributed by atoms with Crippen LogP contribution in [0.3, 0.4) is 0 Å². The fraction of sp³-hybridized carbons (Fsp3) is 0.333. The molecule has 1 saturated heterocycles. The number of para-hydroxylation sites is 1. The minimum Gasteiger partial charge on any atom is -0.482 e. The third-order valence-electron chi connectivity index (χ3n) is 6.51. The largest absolute Gasteiger partial charge is 0.482 e. The molecule has 1 fully saturated rings. The molecular formula is C24H23N5O5. The fourth-order valence-corrected chi connectivity index (χ4v) is 4.90. The van der Waals surface area contributed by atoms with Crippen molar-refractivity contribution in [3.63, 3.8) is 0 Å². The number of rotatable bonds is 6. The quantitative estimate of drug-likeness (QED) is 0.541. The van der Waals surface area contributed by atoms with E-state index in [9.17, 15) is 14.4 Å². The van der Waals surface area contributed by atoms with Crippen LogP contribution in [0.5, 0.6) is 5.75 Å². The Labute approximate surface area is 194 Å². The van der Waals surface area contributed by atoms with Gasteiger partial charge in [-0.1, -0.05) is 12.1 Å². The van der Waals surface area contributed by atoms with Crippen LogP contribution in [0.1, 0.15) is 24.4 Å². The van der Waals surface area contributed by atoms with E-state index in [4.69, 9.17) is 9.47 Å². The van der Waals surface area contributed by atoms with Crippen molar-refractivity contribution in [1.29, 1.82) is 0 Å². The number of anilines is 2. The molecule has 0 aliphatic carbocycles. The van der Waals surface area contributed by atoms with Crippen molar-refractivity contribution in [3.8, 4) is 5.75 Å². The van der Waals surface area contributed by atoms with Crippen molar-refractivity contribution in [2.75, 3.05) is 29.9 Å². The fourth-order valence-electron chi connectivity index (χ4n) is 4.90. The molecule has 0 spiro atoms. The highest BCUT2D eigenvalue weighted by atomic mass is 16.6. The Morgan fingerprint density at radius 2 is 2.06 bits per heavy atom. The molecule has 3 aliphatic rings. The van der Waals surface area contributed by atoms with Gasteiger partial charge in [0.1, 0.15) is 11.9 Å². The molecule has 0 unspecified atom stereocenters. The van der Waals surface area contributed by atoms with Gasteiger partial charge in [-0.2, -0.15) is 0 Å². The number of nitrogens with zero attached hydrogens (tertiary/aromatic N) is 3. The predicted molar refractivity (Wildman–Crippen MR) is 124 cm³/mol. The van der Waals surface area contributed by atoms with Crippen LogP contribution in [0.25, 0.3) is 11.0 Å². The minimum atomic E-state index is -0.397. The van der Waals surface area contributed by atoms with Crippen molar-refractivity contribution < 1.29 is 19.1 Å². The van der Waals surface area contributed by atoms with Crippen LogP contribution in [0.4, 0.5) is 16.2 Å². The van der Waals surface area contributed by atoms with E-state index in [2.05, 4.69) is 15.6 Å². The molecule has 2 atom stereocenters. The lowest BCUT2D eigenvalue weighted by Gasteiger charge is -2.20. The Kier molecular flexibility index (Phi) is 4.95. The number of nitrogens with one attached hydrogen (secondary N) is 2. The van der Waals surface area contributed by atoms with E-state index in [1.54, 1.807) is 27.7 Å². The van der Waals surface area contributed by atoms with Crippen LogP contribution < -0.4 is 25.8 Å². The molecule has 34 heavy (non-hydrogen) atoms. The molecule has 2 amide bonds. The molecule has 10 heteroatoms. The number of benzene rings is 2. The molecule has 0 saturated carbocycles. The van der Waals surface area contributed by atoms with Gasteiger partial charge < -0.3 is 24.7 Å². The lowest BCUT2D eigenvalue weighted by Crippen LogP contribution is -2.28. The first-order valence-electron chi connectivity index (χ1n) is 11.3. The van der Waals surface area contributed by atoms with Gasteiger partial charge in [-0.05, 0) is 49.2 Å². The topological polar surface area (TPSA) is 115 Å². The second-order valence-corrected chi connectivity index (χ2v) is 8.70. The Hall–Kier alpha value is -3.92. The zero-order valence-corrected chi connectivity index (χ0v) is 18.3. The molecule has 1 aromatic heterocycles. The Balaban J connectivity index is 1.05. The number of amides is 2. The van der Waals surface area contributed by atoms with Gasteiger partial charge in [-0.25, -0.2) is 9.78 Å². The van der Waals surface area contributed by atoms with Crippen molar-refractivity contribution in [1.82, 2.24) is 14.9 Å². The van der Waals surface area contributed by atoms with E-state index >= 15 is 0 Å². The van der Waals surface area contributed by atoms with E-state index in [0.717, 1.165) is 29.6 Å². The molecule has 0 bridgehead atoms. The van der Waals surface area contributed by atoms with E-state index in [1.807, 2.05) is 18.2 Å². The van der Waals surface area contributed by atoms with Gasteiger partial charge >= 0.3 is 6.09 Å². The predicted octanol–water partition coefficient (Wildman–Crippen LogP) is 2.18. The maximum atomic E-state index is 12.5. The number of ether oxygens (including phenoxy) is 2. The lowest BCUT2D eigenvalue weighted by molar-refractivity contribution is -0.118. The number of hydrogen-bond acceptors (Lipinski definition) is 7. The van der Waals surface area contributed by atoms with Crippen LogP contribution in [0.15, 0.2) is 47.4 Å². The average molecular weight is 461 g/mol. The second-order valence-electron chi connectivity index (χ2n) is 8.70.